The van der Waals surface area contributed by atoms with Gasteiger partial charge in [0.05, 0.1) is 11.1 Å². The number of benzene rings is 2. The van der Waals surface area contributed by atoms with Gasteiger partial charge in [0.25, 0.3) is 5.69 Å². The third kappa shape index (κ3) is 6.09. The number of hydrazone groups is 1. The van der Waals surface area contributed by atoms with Crippen molar-refractivity contribution in [3.05, 3.63) is 76.9 Å². The zero-order chi connectivity index (χ0) is 19.6. The van der Waals surface area contributed by atoms with Gasteiger partial charge in [-0.05, 0) is 29.8 Å². The number of ether oxygens (including phenoxy) is 1. The maximum atomic E-state index is 11.8. The van der Waals surface area contributed by atoms with Crippen molar-refractivity contribution in [2.45, 2.75) is 0 Å². The van der Waals surface area contributed by atoms with Crippen molar-refractivity contribution in [3.63, 3.8) is 0 Å². The van der Waals surface area contributed by atoms with Crippen LogP contribution in [-0.4, -0.2) is 29.6 Å². The molecule has 0 heterocycles. The molecule has 2 N–H and O–H groups in total. The van der Waals surface area contributed by atoms with Crippen LogP contribution in [0, 0.1) is 10.1 Å². The summed E-state index contributed by atoms with van der Waals surface area (Å²) >= 11 is 0. The third-order valence-electron chi connectivity index (χ3n) is 3.15. The summed E-state index contributed by atoms with van der Waals surface area (Å²) in [7, 11) is 0. The zero-order valence-electron chi connectivity index (χ0n) is 14.1. The average molecular weight is 368 g/mol. The number of non-ortho nitro benzene ring substituents is 1. The van der Waals surface area contributed by atoms with Gasteiger partial charge in [0.15, 0.2) is 0 Å². The van der Waals surface area contributed by atoms with Crippen molar-refractivity contribution in [3.8, 4) is 5.75 Å². The molecule has 9 heteroatoms. The summed E-state index contributed by atoms with van der Waals surface area (Å²) in [5, 5.41) is 16.6. The molecule has 0 aliphatic carbocycles. The Morgan fingerprint density at radius 2 is 1.93 bits per heavy atom. The van der Waals surface area contributed by atoms with Crippen LogP contribution in [0.15, 0.2) is 66.3 Å². The molecule has 0 aliphatic heterocycles. The highest BCUT2D eigenvalue weighted by molar-refractivity contribution is 6.39. The van der Waals surface area contributed by atoms with Gasteiger partial charge < -0.3 is 10.1 Å². The van der Waals surface area contributed by atoms with Crippen LogP contribution in [0.25, 0.3) is 0 Å². The molecule has 9 nitrogen and oxygen atoms in total. The van der Waals surface area contributed by atoms with E-state index >= 15 is 0 Å². The van der Waals surface area contributed by atoms with Crippen LogP contribution >= 0.6 is 0 Å². The predicted octanol–water partition coefficient (Wildman–Crippen LogP) is 2.25. The highest BCUT2D eigenvalue weighted by Gasteiger charge is 2.13. The van der Waals surface area contributed by atoms with Crippen molar-refractivity contribution in [2.75, 3.05) is 11.9 Å². The summed E-state index contributed by atoms with van der Waals surface area (Å²) in [5.41, 5.74) is 2.88. The van der Waals surface area contributed by atoms with Gasteiger partial charge in [-0.2, -0.15) is 5.10 Å². The second kappa shape index (κ2) is 9.47. The van der Waals surface area contributed by atoms with E-state index in [2.05, 4.69) is 22.4 Å². The first-order valence-corrected chi connectivity index (χ1v) is 7.72. The minimum atomic E-state index is -0.983. The Morgan fingerprint density at radius 3 is 2.59 bits per heavy atom. The fraction of sp³-hybridized carbons (Fsp3) is 0.0556. The number of nitro groups is 1. The topological polar surface area (TPSA) is 123 Å². The predicted molar refractivity (Wildman–Crippen MR) is 99.6 cm³/mol. The quantitative estimate of drug-likeness (QED) is 0.255. The molecule has 0 fully saturated rings. The molecule has 0 unspecified atom stereocenters. The Bertz CT molecular complexity index is 878. The summed E-state index contributed by atoms with van der Waals surface area (Å²) in [6.07, 6.45) is 2.97. The van der Waals surface area contributed by atoms with Crippen LogP contribution in [0.3, 0.4) is 0 Å². The van der Waals surface area contributed by atoms with Gasteiger partial charge in [0.1, 0.15) is 12.4 Å². The van der Waals surface area contributed by atoms with Gasteiger partial charge in [-0.3, -0.25) is 19.7 Å². The molecule has 2 aromatic rings. The lowest BCUT2D eigenvalue weighted by Gasteiger charge is -2.04. The standard InChI is InChI=1S/C18H16N4O5/c1-2-10-27-16-5-3-4-13(11-16)12-19-21-18(24)17(23)20-14-6-8-15(9-7-14)22(25)26/h2-9,11-12H,1,10H2,(H,20,23)(H,21,24)/b19-12-. The molecule has 2 aromatic carbocycles. The third-order valence-corrected chi connectivity index (χ3v) is 3.15. The van der Waals surface area contributed by atoms with Crippen molar-refractivity contribution in [1.82, 2.24) is 5.43 Å². The smallest absolute Gasteiger partial charge is 0.329 e. The van der Waals surface area contributed by atoms with Crippen LogP contribution in [-0.2, 0) is 9.59 Å². The number of nitrogens with one attached hydrogen (secondary N) is 2. The Balaban J connectivity index is 1.88. The van der Waals surface area contributed by atoms with E-state index in [-0.39, 0.29) is 11.4 Å². The van der Waals surface area contributed by atoms with E-state index in [1.165, 1.54) is 30.5 Å². The van der Waals surface area contributed by atoms with Crippen LogP contribution in [0.1, 0.15) is 5.56 Å². The molecule has 2 rings (SSSR count). The van der Waals surface area contributed by atoms with Gasteiger partial charge in [0.2, 0.25) is 0 Å². The highest BCUT2D eigenvalue weighted by atomic mass is 16.6. The summed E-state index contributed by atoms with van der Waals surface area (Å²) < 4.78 is 5.38. The number of hydrogen-bond donors (Lipinski definition) is 2. The number of carbonyl (C=O) groups is 2. The number of rotatable bonds is 7. The largest absolute Gasteiger partial charge is 0.490 e. The number of nitrogens with zero attached hydrogens (tertiary/aromatic N) is 2. The van der Waals surface area contributed by atoms with Gasteiger partial charge in [-0.1, -0.05) is 24.8 Å². The molecule has 0 bridgehead atoms. The molecule has 0 saturated heterocycles. The van der Waals surface area contributed by atoms with E-state index < -0.39 is 16.7 Å². The second-order valence-electron chi connectivity index (χ2n) is 5.13. The van der Waals surface area contributed by atoms with Gasteiger partial charge in [0, 0.05) is 17.8 Å². The normalized spacial score (nSPS) is 10.2. The molecule has 0 saturated carbocycles. The van der Waals surface area contributed by atoms with Gasteiger partial charge in [-0.25, -0.2) is 5.43 Å². The number of anilines is 1. The monoisotopic (exact) mass is 368 g/mol. The van der Waals surface area contributed by atoms with Crippen LogP contribution in [0.4, 0.5) is 11.4 Å². The number of nitro benzene ring substituents is 1. The first-order chi connectivity index (χ1) is 13.0. The van der Waals surface area contributed by atoms with Crippen molar-refractivity contribution in [1.29, 1.82) is 0 Å². The lowest BCUT2D eigenvalue weighted by molar-refractivity contribution is -0.384. The van der Waals surface area contributed by atoms with Crippen LogP contribution < -0.4 is 15.5 Å². The number of hydrogen-bond acceptors (Lipinski definition) is 6. The van der Waals surface area contributed by atoms with E-state index in [1.807, 2.05) is 0 Å². The lowest BCUT2D eigenvalue weighted by Crippen LogP contribution is -2.32. The number of carbonyl (C=O) groups excluding carboxylic acids is 2. The maximum Gasteiger partial charge on any atom is 0.329 e. The molecular weight excluding hydrogens is 352 g/mol. The molecule has 2 amide bonds. The Morgan fingerprint density at radius 1 is 1.19 bits per heavy atom. The fourth-order valence-electron chi connectivity index (χ4n) is 1.91. The minimum Gasteiger partial charge on any atom is -0.490 e. The van der Waals surface area contributed by atoms with Crippen molar-refractivity contribution < 1.29 is 19.2 Å². The molecule has 27 heavy (non-hydrogen) atoms. The number of amides is 2. The molecule has 138 valence electrons. The Kier molecular flexibility index (Phi) is 6.77. The average Bonchev–Trinajstić information content (AvgIpc) is 2.67. The van der Waals surface area contributed by atoms with Crippen LogP contribution in [0.5, 0.6) is 5.75 Å². The first-order valence-electron chi connectivity index (χ1n) is 7.72. The fourth-order valence-corrected chi connectivity index (χ4v) is 1.91. The second-order valence-corrected chi connectivity index (χ2v) is 5.13. The summed E-state index contributed by atoms with van der Waals surface area (Å²) in [5.74, 6) is -1.33. The summed E-state index contributed by atoms with van der Waals surface area (Å²) in [6.45, 7) is 3.92. The summed E-state index contributed by atoms with van der Waals surface area (Å²) in [4.78, 5) is 33.5. The van der Waals surface area contributed by atoms with E-state index in [4.69, 9.17) is 4.74 Å². The van der Waals surface area contributed by atoms with E-state index in [0.717, 1.165) is 0 Å². The van der Waals surface area contributed by atoms with E-state index in [1.54, 1.807) is 30.3 Å². The molecule has 0 atom stereocenters. The Labute approximate surface area is 154 Å². The van der Waals surface area contributed by atoms with Crippen molar-refractivity contribution in [2.24, 2.45) is 5.10 Å². The molecule has 0 aromatic heterocycles. The Hall–Kier alpha value is -4.01. The highest BCUT2D eigenvalue weighted by Crippen LogP contribution is 2.15. The van der Waals surface area contributed by atoms with Gasteiger partial charge >= 0.3 is 11.8 Å². The van der Waals surface area contributed by atoms with Crippen molar-refractivity contribution >= 4 is 29.4 Å². The van der Waals surface area contributed by atoms with E-state index in [9.17, 15) is 19.7 Å². The first kappa shape index (κ1) is 19.3. The van der Waals surface area contributed by atoms with E-state index in [0.29, 0.717) is 17.9 Å². The maximum absolute atomic E-state index is 11.8. The lowest BCUT2D eigenvalue weighted by atomic mass is 10.2. The molecule has 0 spiro atoms. The van der Waals surface area contributed by atoms with Gasteiger partial charge in [-0.15, -0.1) is 0 Å². The molecular formula is C18H16N4O5. The molecule has 0 radical (unpaired) electrons. The minimum absolute atomic E-state index is 0.124. The SMILES string of the molecule is C=CCOc1cccc(/C=N\NC(=O)C(=O)Nc2ccc([N+](=O)[O-])cc2)c1. The van der Waals surface area contributed by atoms with Crippen LogP contribution in [0.2, 0.25) is 0 Å². The zero-order valence-corrected chi connectivity index (χ0v) is 14.1. The molecule has 0 aliphatic rings. The summed E-state index contributed by atoms with van der Waals surface area (Å²) in [6, 6.07) is 12.0.